The maximum Gasteiger partial charge on any atom is 0.257 e. The number of anilines is 1. The van der Waals surface area contributed by atoms with Crippen molar-refractivity contribution in [3.63, 3.8) is 0 Å². The molecule has 1 aliphatic rings. The highest BCUT2D eigenvalue weighted by Crippen LogP contribution is 2.13. The highest BCUT2D eigenvalue weighted by molar-refractivity contribution is 5.93. The Hall–Kier alpha value is -2.47. The first-order valence-electron chi connectivity index (χ1n) is 8.77. The summed E-state index contributed by atoms with van der Waals surface area (Å²) in [6.45, 7) is 4.71. The first kappa shape index (κ1) is 17.4. The van der Waals surface area contributed by atoms with Gasteiger partial charge in [-0.3, -0.25) is 4.79 Å². The Bertz CT molecular complexity index is 670. The maximum absolute atomic E-state index is 12.7. The first-order valence-corrected chi connectivity index (χ1v) is 8.77. The maximum atomic E-state index is 12.7. The number of nitrogens with one attached hydrogen (secondary N) is 1. The van der Waals surface area contributed by atoms with Crippen LogP contribution in [0.1, 0.15) is 35.7 Å². The van der Waals surface area contributed by atoms with Gasteiger partial charge in [0.2, 0.25) is 5.95 Å². The molecule has 0 saturated carbocycles. The summed E-state index contributed by atoms with van der Waals surface area (Å²) in [6.07, 6.45) is 5.57. The van der Waals surface area contributed by atoms with Crippen LogP contribution in [0.15, 0.2) is 42.7 Å². The number of benzene rings is 1. The van der Waals surface area contributed by atoms with Crippen LogP contribution in [-0.4, -0.2) is 46.6 Å². The molecule has 1 aliphatic heterocycles. The van der Waals surface area contributed by atoms with E-state index in [-0.39, 0.29) is 12.0 Å². The zero-order valence-electron chi connectivity index (χ0n) is 14.5. The van der Waals surface area contributed by atoms with Crippen molar-refractivity contribution in [3.8, 4) is 0 Å². The second-order valence-electron chi connectivity index (χ2n) is 6.12. The molecule has 2 aromatic rings. The van der Waals surface area contributed by atoms with Crippen molar-refractivity contribution in [1.29, 1.82) is 0 Å². The van der Waals surface area contributed by atoms with E-state index in [9.17, 15) is 4.79 Å². The summed E-state index contributed by atoms with van der Waals surface area (Å²) in [6, 6.07) is 9.96. The third kappa shape index (κ3) is 4.76. The number of hydrogen-bond donors (Lipinski definition) is 1. The van der Waals surface area contributed by atoms with Crippen molar-refractivity contribution < 1.29 is 9.53 Å². The Morgan fingerprint density at radius 3 is 2.68 bits per heavy atom. The summed E-state index contributed by atoms with van der Waals surface area (Å²) in [7, 11) is 0. The molecule has 6 heteroatoms. The third-order valence-electron chi connectivity index (χ3n) is 4.30. The number of rotatable bonds is 7. The highest BCUT2D eigenvalue weighted by Gasteiger charge is 2.17. The Labute approximate surface area is 148 Å². The molecule has 25 heavy (non-hydrogen) atoms. The van der Waals surface area contributed by atoms with Crippen LogP contribution in [-0.2, 0) is 11.3 Å². The topological polar surface area (TPSA) is 67.4 Å². The van der Waals surface area contributed by atoms with Crippen LogP contribution in [0.5, 0.6) is 0 Å². The Kier molecular flexibility index (Phi) is 5.95. The average Bonchev–Trinajstić information content (AvgIpc) is 3.19. The summed E-state index contributed by atoms with van der Waals surface area (Å²) < 4.78 is 5.56. The molecule has 0 bridgehead atoms. The van der Waals surface area contributed by atoms with E-state index in [0.717, 1.165) is 25.0 Å². The van der Waals surface area contributed by atoms with Gasteiger partial charge in [-0.05, 0) is 25.3 Å². The van der Waals surface area contributed by atoms with Crippen LogP contribution >= 0.6 is 0 Å². The van der Waals surface area contributed by atoms with Gasteiger partial charge in [-0.2, -0.15) is 0 Å². The van der Waals surface area contributed by atoms with Crippen molar-refractivity contribution >= 4 is 11.9 Å². The fourth-order valence-electron chi connectivity index (χ4n) is 2.85. The van der Waals surface area contributed by atoms with Gasteiger partial charge in [0.1, 0.15) is 0 Å². The van der Waals surface area contributed by atoms with E-state index in [2.05, 4.69) is 15.3 Å². The quantitative estimate of drug-likeness (QED) is 0.839. The summed E-state index contributed by atoms with van der Waals surface area (Å²) in [5.41, 5.74) is 1.61. The van der Waals surface area contributed by atoms with Gasteiger partial charge < -0.3 is 15.0 Å². The molecule has 1 amide bonds. The number of hydrogen-bond acceptors (Lipinski definition) is 5. The number of amides is 1. The molecular formula is C19H24N4O2. The van der Waals surface area contributed by atoms with Gasteiger partial charge in [0.25, 0.3) is 5.91 Å². The molecule has 1 aromatic carbocycles. The largest absolute Gasteiger partial charge is 0.376 e. The van der Waals surface area contributed by atoms with Gasteiger partial charge in [0.05, 0.1) is 11.7 Å². The number of carbonyl (C=O) groups is 1. The van der Waals surface area contributed by atoms with Crippen molar-refractivity contribution in [1.82, 2.24) is 14.9 Å². The molecule has 1 N–H and O–H groups in total. The zero-order chi connectivity index (χ0) is 17.5. The standard InChI is InChI=1S/C19H24N4O2/c1-2-23(14-15-7-4-3-5-8-15)18(24)16-11-20-19(21-12-16)22-13-17-9-6-10-25-17/h3-5,7-8,11-12,17H,2,6,9-10,13-14H2,1H3,(H,20,21,22). The van der Waals surface area contributed by atoms with Crippen molar-refractivity contribution in [2.24, 2.45) is 0 Å². The van der Waals surface area contributed by atoms with E-state index in [4.69, 9.17) is 4.74 Å². The molecule has 1 aromatic heterocycles. The summed E-state index contributed by atoms with van der Waals surface area (Å²) in [5.74, 6) is 0.468. The second-order valence-corrected chi connectivity index (χ2v) is 6.12. The molecule has 6 nitrogen and oxygen atoms in total. The lowest BCUT2D eigenvalue weighted by Gasteiger charge is -2.21. The zero-order valence-corrected chi connectivity index (χ0v) is 14.5. The molecule has 0 spiro atoms. The predicted octanol–water partition coefficient (Wildman–Crippen LogP) is 2.73. The van der Waals surface area contributed by atoms with Crippen LogP contribution in [0, 0.1) is 0 Å². The fraction of sp³-hybridized carbons (Fsp3) is 0.421. The van der Waals surface area contributed by atoms with Gasteiger partial charge in [0, 0.05) is 38.6 Å². The minimum absolute atomic E-state index is 0.0583. The van der Waals surface area contributed by atoms with Crippen LogP contribution in [0.4, 0.5) is 5.95 Å². The fourth-order valence-corrected chi connectivity index (χ4v) is 2.85. The Morgan fingerprint density at radius 2 is 2.04 bits per heavy atom. The molecule has 132 valence electrons. The third-order valence-corrected chi connectivity index (χ3v) is 4.30. The van der Waals surface area contributed by atoms with Gasteiger partial charge in [0.15, 0.2) is 0 Å². The van der Waals surface area contributed by atoms with E-state index in [1.807, 2.05) is 37.3 Å². The Morgan fingerprint density at radius 1 is 1.28 bits per heavy atom. The molecule has 1 unspecified atom stereocenters. The van der Waals surface area contributed by atoms with E-state index < -0.39 is 0 Å². The summed E-state index contributed by atoms with van der Waals surface area (Å²) in [4.78, 5) is 23.0. The number of aromatic nitrogens is 2. The van der Waals surface area contributed by atoms with Crippen LogP contribution in [0.2, 0.25) is 0 Å². The lowest BCUT2D eigenvalue weighted by molar-refractivity contribution is 0.0751. The molecule has 0 aliphatic carbocycles. The van der Waals surface area contributed by atoms with Crippen molar-refractivity contribution in [2.45, 2.75) is 32.4 Å². The molecule has 0 radical (unpaired) electrons. The van der Waals surface area contributed by atoms with E-state index >= 15 is 0 Å². The lowest BCUT2D eigenvalue weighted by Crippen LogP contribution is -2.30. The van der Waals surface area contributed by atoms with E-state index in [0.29, 0.717) is 31.1 Å². The Balaban J connectivity index is 1.58. The summed E-state index contributed by atoms with van der Waals surface area (Å²) in [5, 5.41) is 3.16. The van der Waals surface area contributed by atoms with Gasteiger partial charge >= 0.3 is 0 Å². The first-order chi connectivity index (χ1) is 12.3. The average molecular weight is 340 g/mol. The number of nitrogens with zero attached hydrogens (tertiary/aromatic N) is 3. The molecule has 1 fully saturated rings. The van der Waals surface area contributed by atoms with Gasteiger partial charge in [-0.15, -0.1) is 0 Å². The second kappa shape index (κ2) is 8.58. The minimum atomic E-state index is -0.0583. The van der Waals surface area contributed by atoms with Crippen LogP contribution in [0.25, 0.3) is 0 Å². The molecule has 1 saturated heterocycles. The number of carbonyl (C=O) groups excluding carboxylic acids is 1. The number of ether oxygens (including phenoxy) is 1. The minimum Gasteiger partial charge on any atom is -0.376 e. The summed E-state index contributed by atoms with van der Waals surface area (Å²) >= 11 is 0. The smallest absolute Gasteiger partial charge is 0.257 e. The lowest BCUT2D eigenvalue weighted by atomic mass is 10.2. The highest BCUT2D eigenvalue weighted by atomic mass is 16.5. The van der Waals surface area contributed by atoms with Crippen LogP contribution < -0.4 is 5.32 Å². The molecular weight excluding hydrogens is 316 g/mol. The normalized spacial score (nSPS) is 16.6. The SMILES string of the molecule is CCN(Cc1ccccc1)C(=O)c1cnc(NCC2CCCO2)nc1. The monoisotopic (exact) mass is 340 g/mol. The molecule has 3 rings (SSSR count). The van der Waals surface area contributed by atoms with Gasteiger partial charge in [-0.25, -0.2) is 9.97 Å². The van der Waals surface area contributed by atoms with Gasteiger partial charge in [-0.1, -0.05) is 30.3 Å². The van der Waals surface area contributed by atoms with E-state index in [1.54, 1.807) is 17.3 Å². The molecule has 1 atom stereocenters. The van der Waals surface area contributed by atoms with Crippen LogP contribution in [0.3, 0.4) is 0 Å². The predicted molar refractivity (Wildman–Crippen MR) is 96.4 cm³/mol. The van der Waals surface area contributed by atoms with Crippen molar-refractivity contribution in [2.75, 3.05) is 25.0 Å². The van der Waals surface area contributed by atoms with Crippen molar-refractivity contribution in [3.05, 3.63) is 53.9 Å². The van der Waals surface area contributed by atoms with E-state index in [1.165, 1.54) is 0 Å². The molecule has 2 heterocycles.